The molecule has 0 N–H and O–H groups in total. The lowest BCUT2D eigenvalue weighted by molar-refractivity contribution is -0.137. The van der Waals surface area contributed by atoms with Gasteiger partial charge in [-0.25, -0.2) is 0 Å². The number of ether oxygens (including phenoxy) is 1. The van der Waals surface area contributed by atoms with Gasteiger partial charge >= 0.3 is 5.97 Å². The monoisotopic (exact) mass is 331 g/mol. The minimum absolute atomic E-state index is 0.148. The van der Waals surface area contributed by atoms with Crippen LogP contribution in [-0.2, 0) is 4.79 Å². The predicted molar refractivity (Wildman–Crippen MR) is 102 cm³/mol. The topological polar surface area (TPSA) is 29.5 Å². The molecule has 0 aliphatic carbocycles. The van der Waals surface area contributed by atoms with Gasteiger partial charge in [-0.15, -0.1) is 0 Å². The zero-order chi connectivity index (χ0) is 17.6. The largest absolute Gasteiger partial charge is 0.426 e. The minimum atomic E-state index is -0.226. The molecular formula is C22H21NO2. The van der Waals surface area contributed by atoms with Crippen LogP contribution in [0.25, 0.3) is 0 Å². The first-order chi connectivity index (χ1) is 12.1. The van der Waals surface area contributed by atoms with Gasteiger partial charge in [0.2, 0.25) is 0 Å². The van der Waals surface area contributed by atoms with Crippen LogP contribution < -0.4 is 9.64 Å². The number of hydrogen-bond donors (Lipinski definition) is 0. The lowest BCUT2D eigenvalue weighted by atomic mass is 10.2. The molecule has 0 aromatic heterocycles. The van der Waals surface area contributed by atoms with Crippen molar-refractivity contribution in [2.75, 3.05) is 4.90 Å². The number of nitrogens with zero attached hydrogens (tertiary/aromatic N) is 1. The molecule has 3 aromatic rings. The molecule has 0 spiro atoms. The Kier molecular flexibility index (Phi) is 5.14. The SMILES string of the molecule is CC(C)C(=O)Oc1ccc(N(c2ccccc2)c2ccccc2)cc1. The van der Waals surface area contributed by atoms with E-state index in [1.807, 2.05) is 74.5 Å². The van der Waals surface area contributed by atoms with E-state index in [4.69, 9.17) is 4.74 Å². The van der Waals surface area contributed by atoms with Crippen molar-refractivity contribution in [3.8, 4) is 5.75 Å². The molecule has 0 unspecified atom stereocenters. The van der Waals surface area contributed by atoms with Gasteiger partial charge < -0.3 is 9.64 Å². The Bertz CT molecular complexity index is 772. The van der Waals surface area contributed by atoms with Crippen molar-refractivity contribution in [1.82, 2.24) is 0 Å². The molecule has 0 fully saturated rings. The van der Waals surface area contributed by atoms with Crippen molar-refractivity contribution in [3.05, 3.63) is 84.9 Å². The Balaban J connectivity index is 1.93. The van der Waals surface area contributed by atoms with Crippen LogP contribution in [0.15, 0.2) is 84.9 Å². The minimum Gasteiger partial charge on any atom is -0.426 e. The first kappa shape index (κ1) is 16.8. The normalized spacial score (nSPS) is 10.5. The maximum absolute atomic E-state index is 11.7. The van der Waals surface area contributed by atoms with Gasteiger partial charge in [0.05, 0.1) is 5.92 Å². The molecule has 0 amide bonds. The number of hydrogen-bond acceptors (Lipinski definition) is 3. The number of benzene rings is 3. The first-order valence-corrected chi connectivity index (χ1v) is 8.37. The third-order valence-corrected chi connectivity index (χ3v) is 3.81. The molecule has 25 heavy (non-hydrogen) atoms. The second-order valence-electron chi connectivity index (χ2n) is 6.08. The van der Waals surface area contributed by atoms with Crippen LogP contribution in [0.4, 0.5) is 17.1 Å². The number of para-hydroxylation sites is 2. The number of rotatable bonds is 5. The molecule has 126 valence electrons. The summed E-state index contributed by atoms with van der Waals surface area (Å²) in [5, 5.41) is 0. The third-order valence-electron chi connectivity index (χ3n) is 3.81. The molecule has 0 atom stereocenters. The van der Waals surface area contributed by atoms with E-state index in [0.717, 1.165) is 17.1 Å². The highest BCUT2D eigenvalue weighted by atomic mass is 16.5. The summed E-state index contributed by atoms with van der Waals surface area (Å²) in [6.07, 6.45) is 0. The Morgan fingerprint density at radius 3 is 1.60 bits per heavy atom. The van der Waals surface area contributed by atoms with E-state index >= 15 is 0 Å². The maximum atomic E-state index is 11.7. The van der Waals surface area contributed by atoms with E-state index in [0.29, 0.717) is 5.75 Å². The summed E-state index contributed by atoms with van der Waals surface area (Å²) in [6, 6.07) is 27.9. The zero-order valence-electron chi connectivity index (χ0n) is 14.4. The van der Waals surface area contributed by atoms with Crippen molar-refractivity contribution >= 4 is 23.0 Å². The molecule has 0 saturated carbocycles. The fraction of sp³-hybridized carbons (Fsp3) is 0.136. The molecule has 0 aliphatic heterocycles. The van der Waals surface area contributed by atoms with Gasteiger partial charge in [-0.3, -0.25) is 4.79 Å². The van der Waals surface area contributed by atoms with Gasteiger partial charge in [-0.2, -0.15) is 0 Å². The smallest absolute Gasteiger partial charge is 0.313 e. The van der Waals surface area contributed by atoms with Gasteiger partial charge in [0, 0.05) is 17.1 Å². The van der Waals surface area contributed by atoms with Gasteiger partial charge in [0.1, 0.15) is 5.75 Å². The lowest BCUT2D eigenvalue weighted by Crippen LogP contribution is -2.15. The summed E-state index contributed by atoms with van der Waals surface area (Å²) >= 11 is 0. The Morgan fingerprint density at radius 1 is 0.720 bits per heavy atom. The van der Waals surface area contributed by atoms with Gasteiger partial charge in [0.25, 0.3) is 0 Å². The van der Waals surface area contributed by atoms with Crippen LogP contribution >= 0.6 is 0 Å². The van der Waals surface area contributed by atoms with Gasteiger partial charge in [-0.05, 0) is 48.5 Å². The van der Waals surface area contributed by atoms with Crippen LogP contribution in [0, 0.1) is 5.92 Å². The standard InChI is InChI=1S/C22H21NO2/c1-17(2)22(24)25-21-15-13-20(14-16-21)23(18-9-5-3-6-10-18)19-11-7-4-8-12-19/h3-17H,1-2H3. The second kappa shape index (κ2) is 7.67. The van der Waals surface area contributed by atoms with Crippen LogP contribution in [0.5, 0.6) is 5.75 Å². The van der Waals surface area contributed by atoms with Crippen molar-refractivity contribution in [2.24, 2.45) is 5.92 Å². The van der Waals surface area contributed by atoms with Crippen molar-refractivity contribution < 1.29 is 9.53 Å². The van der Waals surface area contributed by atoms with Crippen molar-refractivity contribution in [2.45, 2.75) is 13.8 Å². The van der Waals surface area contributed by atoms with Crippen LogP contribution in [0.3, 0.4) is 0 Å². The van der Waals surface area contributed by atoms with E-state index < -0.39 is 0 Å². The number of anilines is 3. The predicted octanol–water partition coefficient (Wildman–Crippen LogP) is 5.72. The highest BCUT2D eigenvalue weighted by Gasteiger charge is 2.13. The Hall–Kier alpha value is -3.07. The van der Waals surface area contributed by atoms with Crippen molar-refractivity contribution in [3.63, 3.8) is 0 Å². The lowest BCUT2D eigenvalue weighted by Gasteiger charge is -2.25. The third kappa shape index (κ3) is 4.07. The Morgan fingerprint density at radius 2 is 1.16 bits per heavy atom. The fourth-order valence-corrected chi connectivity index (χ4v) is 2.50. The van der Waals surface area contributed by atoms with E-state index in [-0.39, 0.29) is 11.9 Å². The highest BCUT2D eigenvalue weighted by molar-refractivity contribution is 5.77. The van der Waals surface area contributed by atoms with Crippen LogP contribution in [0.2, 0.25) is 0 Å². The fourth-order valence-electron chi connectivity index (χ4n) is 2.50. The van der Waals surface area contributed by atoms with E-state index in [1.54, 1.807) is 0 Å². The quantitative estimate of drug-likeness (QED) is 0.442. The number of carbonyl (C=O) groups excluding carboxylic acids is 1. The summed E-state index contributed by atoms with van der Waals surface area (Å²) in [6.45, 7) is 3.65. The highest BCUT2D eigenvalue weighted by Crippen LogP contribution is 2.34. The van der Waals surface area contributed by atoms with Gasteiger partial charge in [0.15, 0.2) is 0 Å². The zero-order valence-corrected chi connectivity index (χ0v) is 14.4. The molecular weight excluding hydrogens is 310 g/mol. The van der Waals surface area contributed by atoms with Crippen molar-refractivity contribution in [1.29, 1.82) is 0 Å². The maximum Gasteiger partial charge on any atom is 0.313 e. The van der Waals surface area contributed by atoms with Gasteiger partial charge in [-0.1, -0.05) is 50.2 Å². The van der Waals surface area contributed by atoms with Crippen LogP contribution in [-0.4, -0.2) is 5.97 Å². The van der Waals surface area contributed by atoms with E-state index in [2.05, 4.69) is 29.2 Å². The van der Waals surface area contributed by atoms with Crippen LogP contribution in [0.1, 0.15) is 13.8 Å². The molecule has 3 aromatic carbocycles. The molecule has 0 bridgehead atoms. The molecule has 0 radical (unpaired) electrons. The molecule has 3 rings (SSSR count). The van der Waals surface area contributed by atoms with E-state index in [1.165, 1.54) is 0 Å². The first-order valence-electron chi connectivity index (χ1n) is 8.37. The summed E-state index contributed by atoms with van der Waals surface area (Å²) < 4.78 is 5.36. The average Bonchev–Trinajstić information content (AvgIpc) is 2.65. The summed E-state index contributed by atoms with van der Waals surface area (Å²) in [5.41, 5.74) is 3.14. The molecule has 3 heteroatoms. The summed E-state index contributed by atoms with van der Waals surface area (Å²) in [7, 11) is 0. The van der Waals surface area contributed by atoms with E-state index in [9.17, 15) is 4.79 Å². The summed E-state index contributed by atoms with van der Waals surface area (Å²) in [5.74, 6) is 0.184. The summed E-state index contributed by atoms with van der Waals surface area (Å²) in [4.78, 5) is 13.9. The second-order valence-corrected chi connectivity index (χ2v) is 6.08. The molecule has 0 heterocycles. The molecule has 3 nitrogen and oxygen atoms in total. The Labute approximate surface area is 148 Å². The molecule has 0 saturated heterocycles. The number of esters is 1. The molecule has 0 aliphatic rings. The average molecular weight is 331 g/mol. The number of carbonyl (C=O) groups is 1.